The van der Waals surface area contributed by atoms with E-state index in [4.69, 9.17) is 0 Å². The second-order valence-corrected chi connectivity index (χ2v) is 5.23. The van der Waals surface area contributed by atoms with Gasteiger partial charge in [-0.2, -0.15) is 0 Å². The second-order valence-electron chi connectivity index (χ2n) is 5.23. The Morgan fingerprint density at radius 1 is 1.00 bits per heavy atom. The Bertz CT molecular complexity index is 287. The van der Waals surface area contributed by atoms with Crippen LogP contribution in [0.4, 0.5) is 0 Å². The molecule has 0 N–H and O–H groups in total. The summed E-state index contributed by atoms with van der Waals surface area (Å²) in [5.74, 6) is 0.784. The van der Waals surface area contributed by atoms with Crippen molar-refractivity contribution in [3.63, 3.8) is 0 Å². The lowest BCUT2D eigenvalue weighted by Crippen LogP contribution is -2.04. The normalized spacial score (nSPS) is 12.9. The molecule has 0 amide bonds. The number of hydrogen-bond acceptors (Lipinski definition) is 0. The van der Waals surface area contributed by atoms with Crippen molar-refractivity contribution in [2.45, 2.75) is 71.1 Å². The van der Waals surface area contributed by atoms with Gasteiger partial charge in [-0.15, -0.1) is 0 Å². The maximum Gasteiger partial charge on any atom is 0.0202 e. The van der Waals surface area contributed by atoms with Crippen LogP contribution in [-0.2, 0) is 7.05 Å². The topological polar surface area (TPSA) is 4.93 Å². The molecule has 1 atom stereocenters. The van der Waals surface area contributed by atoms with Crippen LogP contribution >= 0.6 is 0 Å². The number of nitrogens with zero attached hydrogens (tertiary/aromatic N) is 1. The maximum atomic E-state index is 2.31. The SMILES string of the molecule is CCCCCCC(CCCC)c1cccn1C. The molecule has 0 saturated heterocycles. The van der Waals surface area contributed by atoms with Gasteiger partial charge in [0, 0.05) is 18.9 Å². The summed E-state index contributed by atoms with van der Waals surface area (Å²) in [7, 11) is 2.18. The van der Waals surface area contributed by atoms with Crippen molar-refractivity contribution in [2.75, 3.05) is 0 Å². The molecule has 0 aliphatic carbocycles. The van der Waals surface area contributed by atoms with Gasteiger partial charge in [0.15, 0.2) is 0 Å². The van der Waals surface area contributed by atoms with E-state index in [1.54, 1.807) is 0 Å². The van der Waals surface area contributed by atoms with Crippen LogP contribution in [0.3, 0.4) is 0 Å². The monoisotopic (exact) mass is 235 g/mol. The summed E-state index contributed by atoms with van der Waals surface area (Å²) in [4.78, 5) is 0. The van der Waals surface area contributed by atoms with E-state index in [0.717, 1.165) is 5.92 Å². The first-order valence-electron chi connectivity index (χ1n) is 7.40. The molecule has 1 heterocycles. The van der Waals surface area contributed by atoms with Crippen LogP contribution in [0, 0.1) is 0 Å². The lowest BCUT2D eigenvalue weighted by atomic mass is 9.92. The average molecular weight is 235 g/mol. The summed E-state index contributed by atoms with van der Waals surface area (Å²) >= 11 is 0. The van der Waals surface area contributed by atoms with E-state index in [9.17, 15) is 0 Å². The van der Waals surface area contributed by atoms with Crippen LogP contribution in [0.1, 0.15) is 76.8 Å². The first-order valence-corrected chi connectivity index (χ1v) is 7.40. The van der Waals surface area contributed by atoms with Crippen LogP contribution < -0.4 is 0 Å². The molecule has 17 heavy (non-hydrogen) atoms. The molecule has 1 nitrogen and oxygen atoms in total. The third-order valence-corrected chi connectivity index (χ3v) is 3.71. The number of unbranched alkanes of at least 4 members (excludes halogenated alkanes) is 4. The smallest absolute Gasteiger partial charge is 0.0202 e. The second kappa shape index (κ2) is 8.38. The minimum atomic E-state index is 0.784. The Morgan fingerprint density at radius 3 is 2.29 bits per heavy atom. The third kappa shape index (κ3) is 4.97. The fourth-order valence-corrected chi connectivity index (χ4v) is 2.61. The highest BCUT2D eigenvalue weighted by molar-refractivity contribution is 5.12. The molecule has 1 rings (SSSR count). The quantitative estimate of drug-likeness (QED) is 0.514. The van der Waals surface area contributed by atoms with Gasteiger partial charge in [0.05, 0.1) is 0 Å². The Kier molecular flexibility index (Phi) is 7.07. The zero-order valence-corrected chi connectivity index (χ0v) is 11.9. The van der Waals surface area contributed by atoms with Crippen molar-refractivity contribution in [1.82, 2.24) is 4.57 Å². The zero-order valence-electron chi connectivity index (χ0n) is 11.9. The first kappa shape index (κ1) is 14.3. The van der Waals surface area contributed by atoms with Crippen molar-refractivity contribution < 1.29 is 0 Å². The summed E-state index contributed by atoms with van der Waals surface area (Å²) < 4.78 is 2.31. The van der Waals surface area contributed by atoms with Gasteiger partial charge < -0.3 is 4.57 Å². The molecule has 0 spiro atoms. The molecule has 1 heteroatoms. The van der Waals surface area contributed by atoms with E-state index in [-0.39, 0.29) is 0 Å². The highest BCUT2D eigenvalue weighted by Crippen LogP contribution is 2.28. The van der Waals surface area contributed by atoms with Gasteiger partial charge in [-0.1, -0.05) is 52.4 Å². The van der Waals surface area contributed by atoms with Gasteiger partial charge in [0.2, 0.25) is 0 Å². The van der Waals surface area contributed by atoms with Gasteiger partial charge in [-0.25, -0.2) is 0 Å². The van der Waals surface area contributed by atoms with Crippen LogP contribution in [-0.4, -0.2) is 4.57 Å². The van der Waals surface area contributed by atoms with Crippen molar-refractivity contribution >= 4 is 0 Å². The van der Waals surface area contributed by atoms with Gasteiger partial charge in [0.1, 0.15) is 0 Å². The van der Waals surface area contributed by atoms with Crippen molar-refractivity contribution in [3.8, 4) is 0 Å². The summed E-state index contributed by atoms with van der Waals surface area (Å²) in [6.45, 7) is 4.57. The molecule has 0 aliphatic heterocycles. The molecule has 1 aromatic rings. The van der Waals surface area contributed by atoms with E-state index in [1.165, 1.54) is 57.1 Å². The highest BCUT2D eigenvalue weighted by atomic mass is 14.9. The number of rotatable bonds is 9. The van der Waals surface area contributed by atoms with E-state index in [1.807, 2.05) is 0 Å². The lowest BCUT2D eigenvalue weighted by Gasteiger charge is -2.17. The van der Waals surface area contributed by atoms with Gasteiger partial charge >= 0.3 is 0 Å². The van der Waals surface area contributed by atoms with Gasteiger partial charge in [-0.3, -0.25) is 0 Å². The summed E-state index contributed by atoms with van der Waals surface area (Å²) in [5, 5.41) is 0. The standard InChI is InChI=1S/C16H29N/c1-4-6-8-9-12-15(11-7-5-2)16-13-10-14-17(16)3/h10,13-15H,4-9,11-12H2,1-3H3. The predicted octanol–water partition coefficient (Wildman–Crippen LogP) is 5.27. The Hall–Kier alpha value is -0.720. The van der Waals surface area contributed by atoms with Crippen molar-refractivity contribution in [1.29, 1.82) is 0 Å². The molecule has 0 bridgehead atoms. The fraction of sp³-hybridized carbons (Fsp3) is 0.750. The largest absolute Gasteiger partial charge is 0.354 e. The molecular weight excluding hydrogens is 206 g/mol. The first-order chi connectivity index (χ1) is 8.29. The average Bonchev–Trinajstić information content (AvgIpc) is 2.75. The zero-order chi connectivity index (χ0) is 12.5. The molecule has 1 aromatic heterocycles. The van der Waals surface area contributed by atoms with Crippen molar-refractivity contribution in [3.05, 3.63) is 24.0 Å². The molecule has 0 fully saturated rings. The van der Waals surface area contributed by atoms with Crippen LogP contribution in [0.25, 0.3) is 0 Å². The minimum Gasteiger partial charge on any atom is -0.354 e. The van der Waals surface area contributed by atoms with E-state index in [2.05, 4.69) is 43.8 Å². The van der Waals surface area contributed by atoms with Crippen LogP contribution in [0.2, 0.25) is 0 Å². The Balaban J connectivity index is 2.46. The van der Waals surface area contributed by atoms with Gasteiger partial charge in [-0.05, 0) is 30.9 Å². The van der Waals surface area contributed by atoms with Crippen LogP contribution in [0.5, 0.6) is 0 Å². The molecule has 98 valence electrons. The summed E-state index contributed by atoms with van der Waals surface area (Å²) in [6.07, 6.45) is 13.1. The molecule has 0 radical (unpaired) electrons. The maximum absolute atomic E-state index is 2.31. The molecule has 1 unspecified atom stereocenters. The lowest BCUT2D eigenvalue weighted by molar-refractivity contribution is 0.490. The van der Waals surface area contributed by atoms with Crippen LogP contribution in [0.15, 0.2) is 18.3 Å². The highest BCUT2D eigenvalue weighted by Gasteiger charge is 2.13. The fourth-order valence-electron chi connectivity index (χ4n) is 2.61. The molecular formula is C16H29N. The molecule has 0 aliphatic rings. The number of aromatic nitrogens is 1. The van der Waals surface area contributed by atoms with E-state index in [0.29, 0.717) is 0 Å². The summed E-state index contributed by atoms with van der Waals surface area (Å²) in [5.41, 5.74) is 1.54. The molecule has 0 aromatic carbocycles. The molecule has 0 saturated carbocycles. The number of aryl methyl sites for hydroxylation is 1. The third-order valence-electron chi connectivity index (χ3n) is 3.71. The predicted molar refractivity (Wildman–Crippen MR) is 76.4 cm³/mol. The number of hydrogen-bond donors (Lipinski definition) is 0. The minimum absolute atomic E-state index is 0.784. The summed E-state index contributed by atoms with van der Waals surface area (Å²) in [6, 6.07) is 4.49. The van der Waals surface area contributed by atoms with Crippen molar-refractivity contribution in [2.24, 2.45) is 7.05 Å². The Morgan fingerprint density at radius 2 is 1.71 bits per heavy atom. The van der Waals surface area contributed by atoms with Gasteiger partial charge in [0.25, 0.3) is 0 Å². The van der Waals surface area contributed by atoms with E-state index >= 15 is 0 Å². The van der Waals surface area contributed by atoms with E-state index < -0.39 is 0 Å². The Labute approximate surface area is 107 Å².